The summed E-state index contributed by atoms with van der Waals surface area (Å²) in [7, 11) is 0. The molecule has 2 aliphatic rings. The molecule has 0 radical (unpaired) electrons. The molecule has 1 N–H and O–H groups in total. The van der Waals surface area contributed by atoms with Crippen LogP contribution in [0.3, 0.4) is 0 Å². The molecule has 2 aromatic rings. The zero-order chi connectivity index (χ0) is 15.1. The van der Waals surface area contributed by atoms with Crippen molar-refractivity contribution >= 4 is 16.9 Å². The molecular formula is C17H21N3O2. The Hall–Kier alpha value is -1.88. The topological polar surface area (TPSA) is 58.4 Å². The number of carbonyl (C=O) groups is 1. The average molecular weight is 299 g/mol. The number of aliphatic hydroxyl groups is 1. The molecule has 5 heteroatoms. The Bertz CT molecular complexity index is 705. The number of carbonyl (C=O) groups excluding carboxylic acids is 1. The van der Waals surface area contributed by atoms with Crippen LogP contribution in [0.1, 0.15) is 37.4 Å². The van der Waals surface area contributed by atoms with Crippen LogP contribution in [-0.2, 0) is 11.3 Å². The number of aliphatic hydroxyl groups excluding tert-OH is 1. The third-order valence-corrected chi connectivity index (χ3v) is 4.67. The number of benzene rings is 1. The van der Waals surface area contributed by atoms with Crippen molar-refractivity contribution in [2.24, 2.45) is 0 Å². The summed E-state index contributed by atoms with van der Waals surface area (Å²) in [5, 5.41) is 9.77. The van der Waals surface area contributed by atoms with Crippen LogP contribution in [0.15, 0.2) is 24.3 Å². The highest BCUT2D eigenvalue weighted by Crippen LogP contribution is 2.40. The monoisotopic (exact) mass is 299 g/mol. The van der Waals surface area contributed by atoms with Gasteiger partial charge in [-0.1, -0.05) is 12.1 Å². The van der Waals surface area contributed by atoms with E-state index in [4.69, 9.17) is 4.98 Å². The first-order valence-electron chi connectivity index (χ1n) is 8.13. The highest BCUT2D eigenvalue weighted by atomic mass is 16.3. The lowest BCUT2D eigenvalue weighted by Gasteiger charge is -2.30. The van der Waals surface area contributed by atoms with E-state index in [0.717, 1.165) is 36.2 Å². The predicted octanol–water partition coefficient (Wildman–Crippen LogP) is 1.90. The molecular weight excluding hydrogens is 278 g/mol. The molecule has 1 saturated carbocycles. The minimum Gasteiger partial charge on any atom is -0.391 e. The van der Waals surface area contributed by atoms with Gasteiger partial charge in [-0.25, -0.2) is 4.98 Å². The van der Waals surface area contributed by atoms with E-state index in [9.17, 15) is 9.90 Å². The summed E-state index contributed by atoms with van der Waals surface area (Å²) >= 11 is 0. The van der Waals surface area contributed by atoms with E-state index in [-0.39, 0.29) is 12.0 Å². The standard InChI is InChI=1S/C17H21N3O2/c21-13-4-3-9-19(10-13)16(22)11-20-15-6-2-1-5-14(15)18-17(20)12-7-8-12/h1-2,5-6,12-13,21H,3-4,7-11H2. The molecule has 1 atom stereocenters. The smallest absolute Gasteiger partial charge is 0.242 e. The molecule has 2 heterocycles. The van der Waals surface area contributed by atoms with Gasteiger partial charge in [0.1, 0.15) is 12.4 Å². The van der Waals surface area contributed by atoms with E-state index in [1.54, 1.807) is 4.90 Å². The molecule has 0 bridgehead atoms. The van der Waals surface area contributed by atoms with Crippen LogP contribution < -0.4 is 0 Å². The molecule has 22 heavy (non-hydrogen) atoms. The molecule has 5 nitrogen and oxygen atoms in total. The number of hydrogen-bond donors (Lipinski definition) is 1. The van der Waals surface area contributed by atoms with Crippen molar-refractivity contribution in [3.8, 4) is 0 Å². The van der Waals surface area contributed by atoms with E-state index < -0.39 is 0 Å². The maximum absolute atomic E-state index is 12.6. The van der Waals surface area contributed by atoms with Gasteiger partial charge in [0.05, 0.1) is 17.1 Å². The van der Waals surface area contributed by atoms with Crippen LogP contribution in [-0.4, -0.2) is 44.7 Å². The third-order valence-electron chi connectivity index (χ3n) is 4.67. The minimum absolute atomic E-state index is 0.0869. The molecule has 116 valence electrons. The van der Waals surface area contributed by atoms with Gasteiger partial charge in [0, 0.05) is 19.0 Å². The third kappa shape index (κ3) is 2.50. The van der Waals surface area contributed by atoms with Crippen molar-refractivity contribution in [3.63, 3.8) is 0 Å². The number of amides is 1. The van der Waals surface area contributed by atoms with Crippen LogP contribution in [0.5, 0.6) is 0 Å². The van der Waals surface area contributed by atoms with Crippen LogP contribution in [0.4, 0.5) is 0 Å². The average Bonchev–Trinajstić information content (AvgIpc) is 3.31. The lowest BCUT2D eigenvalue weighted by atomic mass is 10.1. The van der Waals surface area contributed by atoms with Crippen molar-refractivity contribution < 1.29 is 9.90 Å². The number of imidazole rings is 1. The second kappa shape index (κ2) is 5.39. The first kappa shape index (κ1) is 13.8. The first-order valence-corrected chi connectivity index (χ1v) is 8.13. The number of piperidine rings is 1. The molecule has 1 saturated heterocycles. The Kier molecular flexibility index (Phi) is 3.37. The van der Waals surface area contributed by atoms with Gasteiger partial charge >= 0.3 is 0 Å². The number of aromatic nitrogens is 2. The van der Waals surface area contributed by atoms with Crippen LogP contribution in [0.2, 0.25) is 0 Å². The number of hydrogen-bond acceptors (Lipinski definition) is 3. The van der Waals surface area contributed by atoms with Gasteiger partial charge in [-0.15, -0.1) is 0 Å². The first-order chi connectivity index (χ1) is 10.7. The molecule has 1 aliphatic carbocycles. The number of rotatable bonds is 3. The summed E-state index contributed by atoms with van der Waals surface area (Å²) in [4.78, 5) is 19.1. The van der Waals surface area contributed by atoms with Crippen molar-refractivity contribution in [2.75, 3.05) is 13.1 Å². The number of fused-ring (bicyclic) bond motifs is 1. The summed E-state index contributed by atoms with van der Waals surface area (Å²) in [6, 6.07) is 8.02. The lowest BCUT2D eigenvalue weighted by molar-refractivity contribution is -0.134. The van der Waals surface area contributed by atoms with Crippen molar-refractivity contribution in [3.05, 3.63) is 30.1 Å². The molecule has 4 rings (SSSR count). The quantitative estimate of drug-likeness (QED) is 0.941. The van der Waals surface area contributed by atoms with Gasteiger partial charge in [0.15, 0.2) is 0 Å². The van der Waals surface area contributed by atoms with Gasteiger partial charge in [-0.2, -0.15) is 0 Å². The Balaban J connectivity index is 1.62. The van der Waals surface area contributed by atoms with Crippen molar-refractivity contribution in [1.82, 2.24) is 14.5 Å². The molecule has 1 aliphatic heterocycles. The number of β-amino-alcohol motifs (C(OH)–C–C–N with tert-alkyl or cyclic N) is 1. The van der Waals surface area contributed by atoms with Gasteiger partial charge in [0.2, 0.25) is 5.91 Å². The number of para-hydroxylation sites is 2. The van der Waals surface area contributed by atoms with Crippen molar-refractivity contribution in [1.29, 1.82) is 0 Å². The number of nitrogens with zero attached hydrogens (tertiary/aromatic N) is 3. The summed E-state index contributed by atoms with van der Waals surface area (Å²) in [6.45, 7) is 1.55. The highest BCUT2D eigenvalue weighted by molar-refractivity contribution is 5.81. The van der Waals surface area contributed by atoms with Crippen molar-refractivity contribution in [2.45, 2.75) is 44.2 Å². The lowest BCUT2D eigenvalue weighted by Crippen LogP contribution is -2.43. The zero-order valence-corrected chi connectivity index (χ0v) is 12.6. The zero-order valence-electron chi connectivity index (χ0n) is 12.6. The fourth-order valence-electron chi connectivity index (χ4n) is 3.33. The Labute approximate surface area is 129 Å². The van der Waals surface area contributed by atoms with Gasteiger partial charge < -0.3 is 14.6 Å². The van der Waals surface area contributed by atoms with Crippen LogP contribution >= 0.6 is 0 Å². The summed E-state index contributed by atoms with van der Waals surface area (Å²) in [5.74, 6) is 1.64. The fraction of sp³-hybridized carbons (Fsp3) is 0.529. The van der Waals surface area contributed by atoms with Gasteiger partial charge in [0.25, 0.3) is 0 Å². The molecule has 1 aromatic heterocycles. The minimum atomic E-state index is -0.375. The Morgan fingerprint density at radius 3 is 2.86 bits per heavy atom. The maximum Gasteiger partial charge on any atom is 0.242 e. The fourth-order valence-corrected chi connectivity index (χ4v) is 3.33. The predicted molar refractivity (Wildman–Crippen MR) is 83.5 cm³/mol. The maximum atomic E-state index is 12.6. The summed E-state index contributed by atoms with van der Waals surface area (Å²) < 4.78 is 2.08. The molecule has 1 amide bonds. The van der Waals surface area contributed by atoms with Crippen LogP contribution in [0.25, 0.3) is 11.0 Å². The normalized spacial score (nSPS) is 22.2. The summed E-state index contributed by atoms with van der Waals surface area (Å²) in [6.07, 6.45) is 3.64. The molecule has 0 spiro atoms. The van der Waals surface area contributed by atoms with E-state index in [2.05, 4.69) is 4.57 Å². The Morgan fingerprint density at radius 2 is 2.09 bits per heavy atom. The second-order valence-corrected chi connectivity index (χ2v) is 6.45. The second-order valence-electron chi connectivity index (χ2n) is 6.45. The molecule has 2 fully saturated rings. The molecule has 1 unspecified atom stereocenters. The largest absolute Gasteiger partial charge is 0.391 e. The van der Waals surface area contributed by atoms with E-state index in [1.807, 2.05) is 24.3 Å². The van der Waals surface area contributed by atoms with Gasteiger partial charge in [-0.05, 0) is 37.8 Å². The number of likely N-dealkylation sites (tertiary alicyclic amines) is 1. The van der Waals surface area contributed by atoms with Crippen LogP contribution in [0, 0.1) is 0 Å². The SMILES string of the molecule is O=C(Cn1c(C2CC2)nc2ccccc21)N1CCCC(O)C1. The summed E-state index contributed by atoms with van der Waals surface area (Å²) in [5.41, 5.74) is 2.01. The highest BCUT2D eigenvalue weighted by Gasteiger charge is 2.31. The van der Waals surface area contributed by atoms with Gasteiger partial charge in [-0.3, -0.25) is 4.79 Å². The Morgan fingerprint density at radius 1 is 1.27 bits per heavy atom. The van der Waals surface area contributed by atoms with E-state index in [1.165, 1.54) is 12.8 Å². The van der Waals surface area contributed by atoms with E-state index in [0.29, 0.717) is 19.0 Å². The van der Waals surface area contributed by atoms with E-state index >= 15 is 0 Å². The molecule has 1 aromatic carbocycles.